The number of benzene rings is 1. The minimum absolute atomic E-state index is 0.211. The molecule has 1 N–H and O–H groups in total. The van der Waals surface area contributed by atoms with E-state index in [-0.39, 0.29) is 11.8 Å². The fourth-order valence-corrected chi connectivity index (χ4v) is 1.77. The van der Waals surface area contributed by atoms with Crippen molar-refractivity contribution in [3.8, 4) is 0 Å². The summed E-state index contributed by atoms with van der Waals surface area (Å²) in [5, 5.41) is 3.98. The van der Waals surface area contributed by atoms with Crippen LogP contribution in [0.3, 0.4) is 0 Å². The third kappa shape index (κ3) is 2.87. The van der Waals surface area contributed by atoms with E-state index in [1.165, 1.54) is 5.06 Å². The van der Waals surface area contributed by atoms with Gasteiger partial charge in [-0.05, 0) is 25.5 Å². The Bertz CT molecular complexity index is 427. The summed E-state index contributed by atoms with van der Waals surface area (Å²) in [6.07, 6.45) is 0.838. The van der Waals surface area contributed by atoms with Gasteiger partial charge < -0.3 is 5.32 Å². The second kappa shape index (κ2) is 5.64. The lowest BCUT2D eigenvalue weighted by Crippen LogP contribution is -2.45. The number of amides is 2. The van der Waals surface area contributed by atoms with Crippen LogP contribution in [0.5, 0.6) is 0 Å². The summed E-state index contributed by atoms with van der Waals surface area (Å²) in [6, 6.07) is 8.23. The molecule has 5 nitrogen and oxygen atoms in total. The number of hydrogen-bond acceptors (Lipinski definition) is 3. The van der Waals surface area contributed by atoms with Crippen molar-refractivity contribution >= 4 is 11.8 Å². The van der Waals surface area contributed by atoms with Crippen LogP contribution < -0.4 is 5.32 Å². The summed E-state index contributed by atoms with van der Waals surface area (Å²) in [6.45, 7) is 2.81. The third-order valence-electron chi connectivity index (χ3n) is 2.75. The van der Waals surface area contributed by atoms with Gasteiger partial charge in [0.1, 0.15) is 6.04 Å². The molecule has 0 saturated carbocycles. The van der Waals surface area contributed by atoms with E-state index in [1.807, 2.05) is 6.07 Å². The average Bonchev–Trinajstić information content (AvgIpc) is 2.92. The lowest BCUT2D eigenvalue weighted by atomic mass is 10.2. The van der Waals surface area contributed by atoms with Crippen molar-refractivity contribution in [3.05, 3.63) is 35.9 Å². The molecular weight excluding hydrogens is 232 g/mol. The first-order chi connectivity index (χ1) is 8.68. The van der Waals surface area contributed by atoms with Crippen molar-refractivity contribution < 1.29 is 14.4 Å². The van der Waals surface area contributed by atoms with Gasteiger partial charge in [-0.2, -0.15) is 0 Å². The topological polar surface area (TPSA) is 58.6 Å². The maximum Gasteiger partial charge on any atom is 0.268 e. The zero-order valence-electron chi connectivity index (χ0n) is 10.3. The molecule has 1 fully saturated rings. The Morgan fingerprint density at radius 2 is 2.06 bits per heavy atom. The monoisotopic (exact) mass is 248 g/mol. The van der Waals surface area contributed by atoms with E-state index >= 15 is 0 Å². The molecule has 18 heavy (non-hydrogen) atoms. The standard InChI is InChI=1S/C13H16N2O3/c1-10(13(17)15-8-5-9-18-15)14-12(16)11-6-3-2-4-7-11/h2-4,6-7,10H,5,8-9H2,1H3,(H,14,16). The highest BCUT2D eigenvalue weighted by Gasteiger charge is 2.25. The van der Waals surface area contributed by atoms with Gasteiger partial charge in [0.15, 0.2) is 0 Å². The van der Waals surface area contributed by atoms with Crippen LogP contribution in [-0.4, -0.2) is 36.1 Å². The first-order valence-corrected chi connectivity index (χ1v) is 5.98. The zero-order chi connectivity index (χ0) is 13.0. The number of carbonyl (C=O) groups excluding carboxylic acids is 2. The number of hydrogen-bond donors (Lipinski definition) is 1. The number of nitrogens with zero attached hydrogens (tertiary/aromatic N) is 1. The summed E-state index contributed by atoms with van der Waals surface area (Å²) in [5.41, 5.74) is 0.541. The highest BCUT2D eigenvalue weighted by Crippen LogP contribution is 2.07. The summed E-state index contributed by atoms with van der Waals surface area (Å²) < 4.78 is 0. The van der Waals surface area contributed by atoms with Crippen LogP contribution in [0, 0.1) is 0 Å². The van der Waals surface area contributed by atoms with Crippen molar-refractivity contribution in [1.82, 2.24) is 10.4 Å². The van der Waals surface area contributed by atoms with Crippen molar-refractivity contribution in [3.63, 3.8) is 0 Å². The van der Waals surface area contributed by atoms with Crippen LogP contribution in [-0.2, 0) is 9.63 Å². The zero-order valence-corrected chi connectivity index (χ0v) is 10.3. The van der Waals surface area contributed by atoms with Crippen LogP contribution in [0.25, 0.3) is 0 Å². The minimum atomic E-state index is -0.587. The van der Waals surface area contributed by atoms with Gasteiger partial charge in [0, 0.05) is 5.56 Å². The summed E-state index contributed by atoms with van der Waals surface area (Å²) in [7, 11) is 0. The predicted octanol–water partition coefficient (Wildman–Crippen LogP) is 0.969. The summed E-state index contributed by atoms with van der Waals surface area (Å²) in [4.78, 5) is 28.9. The van der Waals surface area contributed by atoms with Crippen LogP contribution in [0.15, 0.2) is 30.3 Å². The molecular formula is C13H16N2O3. The maximum atomic E-state index is 11.9. The summed E-state index contributed by atoms with van der Waals surface area (Å²) in [5.74, 6) is -0.465. The minimum Gasteiger partial charge on any atom is -0.340 e. The Balaban J connectivity index is 1.92. The largest absolute Gasteiger partial charge is 0.340 e. The van der Waals surface area contributed by atoms with Gasteiger partial charge in [0.05, 0.1) is 13.2 Å². The van der Waals surface area contributed by atoms with E-state index in [0.717, 1.165) is 6.42 Å². The first kappa shape index (κ1) is 12.6. The van der Waals surface area contributed by atoms with E-state index in [0.29, 0.717) is 18.7 Å². The van der Waals surface area contributed by atoms with Crippen molar-refractivity contribution in [2.75, 3.05) is 13.2 Å². The molecule has 0 spiro atoms. The van der Waals surface area contributed by atoms with E-state index in [1.54, 1.807) is 31.2 Å². The quantitative estimate of drug-likeness (QED) is 0.867. The van der Waals surface area contributed by atoms with Crippen molar-refractivity contribution in [2.24, 2.45) is 0 Å². The lowest BCUT2D eigenvalue weighted by Gasteiger charge is -2.19. The average molecular weight is 248 g/mol. The molecule has 2 amide bonds. The van der Waals surface area contributed by atoms with Gasteiger partial charge in [0.25, 0.3) is 11.8 Å². The van der Waals surface area contributed by atoms with E-state index < -0.39 is 6.04 Å². The Morgan fingerprint density at radius 1 is 1.33 bits per heavy atom. The van der Waals surface area contributed by atoms with Gasteiger partial charge >= 0.3 is 0 Å². The van der Waals surface area contributed by atoms with Crippen molar-refractivity contribution in [2.45, 2.75) is 19.4 Å². The molecule has 1 aliphatic heterocycles. The molecule has 96 valence electrons. The second-order valence-corrected chi connectivity index (χ2v) is 4.19. The molecule has 1 aromatic carbocycles. The van der Waals surface area contributed by atoms with Crippen LogP contribution in [0.4, 0.5) is 0 Å². The molecule has 0 bridgehead atoms. The van der Waals surface area contributed by atoms with E-state index in [4.69, 9.17) is 4.84 Å². The molecule has 0 radical (unpaired) electrons. The molecule has 1 aromatic rings. The molecule has 2 rings (SSSR count). The SMILES string of the molecule is CC(NC(=O)c1ccccc1)C(=O)N1CCCO1. The summed E-state index contributed by atoms with van der Waals surface area (Å²) >= 11 is 0. The van der Waals surface area contributed by atoms with Gasteiger partial charge in [-0.25, -0.2) is 5.06 Å². The normalized spacial score (nSPS) is 16.4. The van der Waals surface area contributed by atoms with Crippen molar-refractivity contribution in [1.29, 1.82) is 0 Å². The number of carbonyl (C=O) groups is 2. The Morgan fingerprint density at radius 3 is 2.67 bits per heavy atom. The fourth-order valence-electron chi connectivity index (χ4n) is 1.77. The van der Waals surface area contributed by atoms with Gasteiger partial charge in [-0.1, -0.05) is 18.2 Å². The van der Waals surface area contributed by atoms with Crippen LogP contribution in [0.2, 0.25) is 0 Å². The molecule has 1 unspecified atom stereocenters. The molecule has 0 aromatic heterocycles. The maximum absolute atomic E-state index is 11.9. The molecule has 1 heterocycles. The highest BCUT2D eigenvalue weighted by atomic mass is 16.7. The van der Waals surface area contributed by atoms with Crippen LogP contribution in [0.1, 0.15) is 23.7 Å². The Kier molecular flexibility index (Phi) is 3.94. The molecule has 1 atom stereocenters. The van der Waals surface area contributed by atoms with Gasteiger partial charge in [-0.15, -0.1) is 0 Å². The molecule has 1 aliphatic rings. The first-order valence-electron chi connectivity index (χ1n) is 5.98. The predicted molar refractivity (Wildman–Crippen MR) is 65.7 cm³/mol. The molecule has 0 aliphatic carbocycles. The van der Waals surface area contributed by atoms with Gasteiger partial charge in [-0.3, -0.25) is 14.4 Å². The molecule has 5 heteroatoms. The number of rotatable bonds is 3. The third-order valence-corrected chi connectivity index (χ3v) is 2.75. The fraction of sp³-hybridized carbons (Fsp3) is 0.385. The van der Waals surface area contributed by atoms with Gasteiger partial charge in [0.2, 0.25) is 0 Å². The highest BCUT2D eigenvalue weighted by molar-refractivity contribution is 5.97. The Labute approximate surface area is 106 Å². The van der Waals surface area contributed by atoms with E-state index in [2.05, 4.69) is 5.32 Å². The Hall–Kier alpha value is -1.88. The molecule has 1 saturated heterocycles. The smallest absolute Gasteiger partial charge is 0.268 e. The second-order valence-electron chi connectivity index (χ2n) is 4.19. The number of hydroxylamine groups is 2. The number of nitrogens with one attached hydrogen (secondary N) is 1. The van der Waals surface area contributed by atoms with Crippen LogP contribution >= 0.6 is 0 Å². The lowest BCUT2D eigenvalue weighted by molar-refractivity contribution is -0.170. The van der Waals surface area contributed by atoms with E-state index in [9.17, 15) is 9.59 Å².